The number of hydrogen-bond acceptors (Lipinski definition) is 6. The van der Waals surface area contributed by atoms with Gasteiger partial charge in [-0.15, -0.1) is 0 Å². The maximum Gasteiger partial charge on any atom is 0.246 e. The molecule has 9 nitrogen and oxygen atoms in total. The number of hydrazine groups is 1. The lowest BCUT2D eigenvalue weighted by molar-refractivity contribution is -0.202. The Labute approximate surface area is 221 Å². The van der Waals surface area contributed by atoms with E-state index in [1.807, 2.05) is 42.5 Å². The molecule has 3 aromatic rings. The Morgan fingerprint density at radius 2 is 1.66 bits per heavy atom. The van der Waals surface area contributed by atoms with Crippen molar-refractivity contribution in [2.45, 2.75) is 38.0 Å². The quantitative estimate of drug-likeness (QED) is 0.521. The Balaban J connectivity index is 1.45. The summed E-state index contributed by atoms with van der Waals surface area (Å²) in [5, 5.41) is 13.0. The Morgan fingerprint density at radius 3 is 2.37 bits per heavy atom. The number of benzene rings is 2. The summed E-state index contributed by atoms with van der Waals surface area (Å²) >= 11 is 0. The van der Waals surface area contributed by atoms with E-state index < -0.39 is 12.2 Å². The van der Waals surface area contributed by atoms with Crippen LogP contribution in [0.15, 0.2) is 79.1 Å². The molecule has 0 aliphatic carbocycles. The van der Waals surface area contributed by atoms with Crippen LogP contribution in [0.25, 0.3) is 0 Å². The molecule has 9 heteroatoms. The van der Waals surface area contributed by atoms with Crippen molar-refractivity contribution in [2.75, 3.05) is 20.1 Å². The number of likely N-dealkylation sites (N-methyl/N-ethyl adjacent to an activating group) is 1. The number of aryl methyl sites for hydroxylation is 1. The zero-order valence-corrected chi connectivity index (χ0v) is 21.3. The number of piperazine rings is 1. The number of amides is 3. The summed E-state index contributed by atoms with van der Waals surface area (Å²) in [5.74, 6) is -0.321. The van der Waals surface area contributed by atoms with Gasteiger partial charge >= 0.3 is 0 Å². The Bertz CT molecular complexity index is 1290. The molecule has 2 aliphatic heterocycles. The van der Waals surface area contributed by atoms with Crippen LogP contribution in [0, 0.1) is 0 Å². The summed E-state index contributed by atoms with van der Waals surface area (Å²) in [5.41, 5.74) is 2.80. The highest BCUT2D eigenvalue weighted by molar-refractivity contribution is 5.91. The molecule has 0 bridgehead atoms. The van der Waals surface area contributed by atoms with Gasteiger partial charge in [-0.05, 0) is 47.4 Å². The number of carbonyl (C=O) groups is 3. The highest BCUT2D eigenvalue weighted by Crippen LogP contribution is 2.29. The van der Waals surface area contributed by atoms with Crippen LogP contribution in [-0.2, 0) is 33.8 Å². The average Bonchev–Trinajstić information content (AvgIpc) is 2.92. The van der Waals surface area contributed by atoms with Gasteiger partial charge in [-0.2, -0.15) is 0 Å². The van der Waals surface area contributed by atoms with Crippen LogP contribution in [-0.4, -0.2) is 80.0 Å². The van der Waals surface area contributed by atoms with Crippen LogP contribution >= 0.6 is 0 Å². The third-order valence-corrected chi connectivity index (χ3v) is 7.15. The first-order valence-electron chi connectivity index (χ1n) is 12.7. The van der Waals surface area contributed by atoms with Crippen molar-refractivity contribution >= 4 is 17.7 Å². The fourth-order valence-corrected chi connectivity index (χ4v) is 5.29. The largest absolute Gasteiger partial charge is 0.508 e. The highest BCUT2D eigenvalue weighted by atomic mass is 16.3. The highest BCUT2D eigenvalue weighted by Gasteiger charge is 2.50. The van der Waals surface area contributed by atoms with Crippen molar-refractivity contribution < 1.29 is 19.5 Å². The van der Waals surface area contributed by atoms with E-state index in [1.54, 1.807) is 63.5 Å². The molecule has 0 radical (unpaired) electrons. The Kier molecular flexibility index (Phi) is 7.37. The number of nitrogens with zero attached hydrogens (tertiary/aromatic N) is 5. The minimum absolute atomic E-state index is 0.0112. The number of aromatic hydroxyl groups is 1. The van der Waals surface area contributed by atoms with E-state index in [1.165, 1.54) is 0 Å². The number of carbonyl (C=O) groups excluding carboxylic acids is 3. The number of phenols is 1. The SMILES string of the molecule is CN1CC(=O)N2C(CN(Cc3ccncc3)C(=O)[C@@H]2Cc2ccc(O)cc2)N1C(=O)CCc1ccccc1. The van der Waals surface area contributed by atoms with Crippen molar-refractivity contribution in [3.05, 3.63) is 95.8 Å². The first kappa shape index (κ1) is 25.4. The predicted molar refractivity (Wildman–Crippen MR) is 140 cm³/mol. The van der Waals surface area contributed by atoms with Crippen molar-refractivity contribution in [2.24, 2.45) is 0 Å². The zero-order valence-electron chi connectivity index (χ0n) is 21.3. The van der Waals surface area contributed by atoms with E-state index in [4.69, 9.17) is 0 Å². The van der Waals surface area contributed by atoms with Crippen LogP contribution < -0.4 is 0 Å². The Morgan fingerprint density at radius 1 is 0.947 bits per heavy atom. The number of pyridine rings is 1. The van der Waals surface area contributed by atoms with Crippen molar-refractivity contribution in [1.29, 1.82) is 0 Å². The second-order valence-electron chi connectivity index (χ2n) is 9.78. The molecule has 0 saturated carbocycles. The molecule has 5 rings (SSSR count). The molecule has 2 fully saturated rings. The summed E-state index contributed by atoms with van der Waals surface area (Å²) in [6.45, 7) is 0.569. The van der Waals surface area contributed by atoms with Crippen LogP contribution in [0.2, 0.25) is 0 Å². The first-order valence-corrected chi connectivity index (χ1v) is 12.7. The molecule has 1 N–H and O–H groups in total. The number of rotatable bonds is 7. The second kappa shape index (κ2) is 11.0. The first-order chi connectivity index (χ1) is 18.4. The van der Waals surface area contributed by atoms with Gasteiger partial charge in [0.1, 0.15) is 18.0 Å². The maximum atomic E-state index is 13.8. The summed E-state index contributed by atoms with van der Waals surface area (Å²) in [4.78, 5) is 48.2. The fraction of sp³-hybridized carbons (Fsp3) is 0.310. The van der Waals surface area contributed by atoms with E-state index in [2.05, 4.69) is 4.98 Å². The van der Waals surface area contributed by atoms with E-state index in [0.29, 0.717) is 13.0 Å². The van der Waals surface area contributed by atoms with Crippen LogP contribution in [0.5, 0.6) is 5.75 Å². The maximum absolute atomic E-state index is 13.8. The molecule has 1 unspecified atom stereocenters. The van der Waals surface area contributed by atoms with Gasteiger partial charge in [0, 0.05) is 38.8 Å². The zero-order chi connectivity index (χ0) is 26.6. The Hall–Kier alpha value is -4.24. The minimum Gasteiger partial charge on any atom is -0.508 e. The molecule has 2 atom stereocenters. The molecule has 2 aliphatic rings. The monoisotopic (exact) mass is 513 g/mol. The minimum atomic E-state index is -0.772. The van der Waals surface area contributed by atoms with E-state index in [9.17, 15) is 19.5 Å². The van der Waals surface area contributed by atoms with E-state index >= 15 is 0 Å². The van der Waals surface area contributed by atoms with Crippen molar-refractivity contribution in [3.8, 4) is 5.75 Å². The molecule has 2 saturated heterocycles. The van der Waals surface area contributed by atoms with Crippen LogP contribution in [0.1, 0.15) is 23.1 Å². The lowest BCUT2D eigenvalue weighted by atomic mass is 9.98. The van der Waals surface area contributed by atoms with Crippen molar-refractivity contribution in [1.82, 2.24) is 24.8 Å². The molecule has 0 spiro atoms. The molecule has 1 aromatic heterocycles. The van der Waals surface area contributed by atoms with E-state index in [-0.39, 0.29) is 49.4 Å². The van der Waals surface area contributed by atoms with Gasteiger partial charge < -0.3 is 14.9 Å². The second-order valence-corrected chi connectivity index (χ2v) is 9.78. The molecule has 38 heavy (non-hydrogen) atoms. The van der Waals surface area contributed by atoms with Gasteiger partial charge in [-0.1, -0.05) is 42.5 Å². The van der Waals surface area contributed by atoms with Gasteiger partial charge in [-0.3, -0.25) is 24.4 Å². The molecule has 2 aromatic carbocycles. The molecule has 196 valence electrons. The third-order valence-electron chi connectivity index (χ3n) is 7.15. The topological polar surface area (TPSA) is 97.3 Å². The lowest BCUT2D eigenvalue weighted by Gasteiger charge is -2.54. The molecular formula is C29H31N5O4. The number of hydrogen-bond donors (Lipinski definition) is 1. The van der Waals surface area contributed by atoms with Crippen LogP contribution in [0.3, 0.4) is 0 Å². The normalized spacial score (nSPS) is 20.0. The summed E-state index contributed by atoms with van der Waals surface area (Å²) in [6, 6.07) is 19.4. The number of phenolic OH excluding ortho intramolecular Hbond substituents is 1. The van der Waals surface area contributed by atoms with Gasteiger partial charge in [0.15, 0.2) is 0 Å². The van der Waals surface area contributed by atoms with Crippen molar-refractivity contribution in [3.63, 3.8) is 0 Å². The summed E-state index contributed by atoms with van der Waals surface area (Å²) in [6.07, 6.45) is 3.90. The number of aromatic nitrogens is 1. The standard InChI is InChI=1S/C29H31N5O4/c1-31-20-28(37)33-25(17-22-7-10-24(35)11-8-22)29(38)32(18-23-13-15-30-16-14-23)19-26(33)34(31)27(36)12-9-21-5-3-2-4-6-21/h2-8,10-11,13-16,25-26,35H,9,12,17-20H2,1H3/t25-,26?/m0/s1. The lowest BCUT2D eigenvalue weighted by Crippen LogP contribution is -2.75. The van der Waals surface area contributed by atoms with Gasteiger partial charge in [0.25, 0.3) is 0 Å². The summed E-state index contributed by atoms with van der Waals surface area (Å²) in [7, 11) is 1.74. The van der Waals surface area contributed by atoms with Gasteiger partial charge in [-0.25, -0.2) is 5.01 Å². The third kappa shape index (κ3) is 5.38. The summed E-state index contributed by atoms with van der Waals surface area (Å²) < 4.78 is 0. The fourth-order valence-electron chi connectivity index (χ4n) is 5.29. The number of fused-ring (bicyclic) bond motifs is 1. The predicted octanol–water partition coefficient (Wildman–Crippen LogP) is 2.22. The van der Waals surface area contributed by atoms with Crippen LogP contribution in [0.4, 0.5) is 0 Å². The van der Waals surface area contributed by atoms with Gasteiger partial charge in [0.2, 0.25) is 17.7 Å². The average molecular weight is 514 g/mol. The molecule has 3 heterocycles. The van der Waals surface area contributed by atoms with E-state index in [0.717, 1.165) is 16.7 Å². The molecular weight excluding hydrogens is 482 g/mol. The molecule has 3 amide bonds. The smallest absolute Gasteiger partial charge is 0.246 e. The van der Waals surface area contributed by atoms with Gasteiger partial charge in [0.05, 0.1) is 13.1 Å².